The Morgan fingerprint density at radius 3 is 2.75 bits per heavy atom. The van der Waals surface area contributed by atoms with E-state index in [1.807, 2.05) is 0 Å². The molecule has 1 amide bonds. The first-order chi connectivity index (χ1) is 15.1. The van der Waals surface area contributed by atoms with Crippen LogP contribution in [0.1, 0.15) is 31.7 Å². The number of hydrogen-bond acceptors (Lipinski definition) is 7. The molecule has 0 aliphatic carbocycles. The van der Waals surface area contributed by atoms with E-state index in [4.69, 9.17) is 10.5 Å². The number of carbonyl (C=O) groups excluding carboxylic acids is 1. The van der Waals surface area contributed by atoms with E-state index in [1.165, 1.54) is 22.5 Å². The van der Waals surface area contributed by atoms with Gasteiger partial charge >= 0.3 is 10.2 Å². The monoisotopic (exact) mass is 487 g/mol. The molecule has 174 valence electrons. The van der Waals surface area contributed by atoms with Crippen molar-refractivity contribution in [1.82, 2.24) is 14.3 Å². The summed E-state index contributed by atoms with van der Waals surface area (Å²) in [5.41, 5.74) is 5.27. The predicted octanol–water partition coefficient (Wildman–Crippen LogP) is 2.44. The molecule has 1 saturated heterocycles. The Labute approximate surface area is 188 Å². The SMILES string of the molecule is C[C@H](CCC(N)=O)Oc1cc(NS(=O)(=O)N2CCC2)nc(SCc2cccc(F)c2F)n1. The second-order valence-corrected chi connectivity index (χ2v) is 9.78. The molecular weight excluding hydrogens is 464 g/mol. The molecule has 0 radical (unpaired) electrons. The highest BCUT2D eigenvalue weighted by molar-refractivity contribution is 7.98. The Balaban J connectivity index is 1.80. The van der Waals surface area contributed by atoms with Crippen molar-refractivity contribution in [2.24, 2.45) is 5.73 Å². The van der Waals surface area contributed by atoms with Gasteiger partial charge in [0.25, 0.3) is 0 Å². The molecule has 0 spiro atoms. The predicted molar refractivity (Wildman–Crippen MR) is 115 cm³/mol. The number of aromatic nitrogens is 2. The number of rotatable bonds is 11. The highest BCUT2D eigenvalue weighted by Crippen LogP contribution is 2.27. The fourth-order valence-corrected chi connectivity index (χ4v) is 4.78. The number of ether oxygens (including phenoxy) is 1. The maximum atomic E-state index is 14.0. The lowest BCUT2D eigenvalue weighted by atomic mass is 10.2. The molecule has 2 aromatic rings. The van der Waals surface area contributed by atoms with Crippen LogP contribution in [0.5, 0.6) is 5.88 Å². The third-order valence-electron chi connectivity index (χ3n) is 4.58. The van der Waals surface area contributed by atoms with Crippen molar-refractivity contribution in [1.29, 1.82) is 0 Å². The second kappa shape index (κ2) is 10.4. The highest BCUT2D eigenvalue weighted by atomic mass is 32.2. The van der Waals surface area contributed by atoms with Crippen molar-refractivity contribution in [3.8, 4) is 5.88 Å². The molecule has 0 unspecified atom stereocenters. The van der Waals surface area contributed by atoms with Crippen LogP contribution in [0.15, 0.2) is 29.4 Å². The summed E-state index contributed by atoms with van der Waals surface area (Å²) in [5.74, 6) is -2.34. The number of carbonyl (C=O) groups is 1. The van der Waals surface area contributed by atoms with Crippen LogP contribution in [0.25, 0.3) is 0 Å². The first-order valence-corrected chi connectivity index (χ1v) is 12.2. The molecule has 1 aliphatic rings. The van der Waals surface area contributed by atoms with Gasteiger partial charge in [-0.05, 0) is 25.8 Å². The Bertz CT molecular complexity index is 1080. The zero-order chi connectivity index (χ0) is 23.3. The fraction of sp³-hybridized carbons (Fsp3) is 0.421. The Kier molecular flexibility index (Phi) is 7.85. The number of hydrogen-bond donors (Lipinski definition) is 2. The molecule has 1 aromatic heterocycles. The number of thioether (sulfide) groups is 1. The molecule has 13 heteroatoms. The summed E-state index contributed by atoms with van der Waals surface area (Å²) >= 11 is 0.993. The average molecular weight is 488 g/mol. The van der Waals surface area contributed by atoms with Gasteiger partial charge in [0.2, 0.25) is 11.8 Å². The van der Waals surface area contributed by atoms with Crippen molar-refractivity contribution in [3.05, 3.63) is 41.5 Å². The van der Waals surface area contributed by atoms with Gasteiger partial charge in [-0.1, -0.05) is 23.9 Å². The van der Waals surface area contributed by atoms with E-state index < -0.39 is 33.9 Å². The van der Waals surface area contributed by atoms with E-state index in [1.54, 1.807) is 6.92 Å². The fourth-order valence-electron chi connectivity index (χ4n) is 2.72. The van der Waals surface area contributed by atoms with Crippen LogP contribution in [0.3, 0.4) is 0 Å². The average Bonchev–Trinajstić information content (AvgIpc) is 2.65. The number of nitrogens with two attached hydrogens (primary N) is 1. The minimum atomic E-state index is -3.78. The molecule has 32 heavy (non-hydrogen) atoms. The van der Waals surface area contributed by atoms with Gasteiger partial charge in [0.1, 0.15) is 5.82 Å². The molecule has 0 saturated carbocycles. The van der Waals surface area contributed by atoms with E-state index in [9.17, 15) is 22.0 Å². The maximum absolute atomic E-state index is 14.0. The first kappa shape index (κ1) is 24.1. The lowest BCUT2D eigenvalue weighted by Gasteiger charge is -2.29. The molecule has 1 aromatic carbocycles. The van der Waals surface area contributed by atoms with Crippen molar-refractivity contribution in [2.45, 2.75) is 43.2 Å². The molecule has 9 nitrogen and oxygen atoms in total. The number of anilines is 1. The van der Waals surface area contributed by atoms with Crippen LogP contribution in [0.2, 0.25) is 0 Å². The topological polar surface area (TPSA) is 128 Å². The number of halogens is 2. The Hall–Kier alpha value is -2.51. The molecule has 0 bridgehead atoms. The van der Waals surface area contributed by atoms with E-state index in [2.05, 4.69) is 14.7 Å². The van der Waals surface area contributed by atoms with Gasteiger partial charge in [0.05, 0.1) is 6.10 Å². The molecule has 1 fully saturated rings. The zero-order valence-corrected chi connectivity index (χ0v) is 18.9. The Morgan fingerprint density at radius 2 is 2.09 bits per heavy atom. The van der Waals surface area contributed by atoms with Gasteiger partial charge < -0.3 is 10.5 Å². The minimum Gasteiger partial charge on any atom is -0.474 e. The summed E-state index contributed by atoms with van der Waals surface area (Å²) < 4.78 is 61.6. The number of nitrogens with zero attached hydrogens (tertiary/aromatic N) is 3. The van der Waals surface area contributed by atoms with Crippen molar-refractivity contribution < 1.29 is 26.7 Å². The number of amides is 1. The lowest BCUT2D eigenvalue weighted by molar-refractivity contribution is -0.118. The summed E-state index contributed by atoms with van der Waals surface area (Å²) in [6, 6.07) is 5.17. The summed E-state index contributed by atoms with van der Waals surface area (Å²) in [7, 11) is -3.78. The standard InChI is InChI=1S/C19H23F2N5O4S2/c1-12(6-7-15(22)27)30-17-10-16(25-32(28,29)26-8-3-9-26)23-19(24-17)31-11-13-4-2-5-14(20)18(13)21/h2,4-5,10,12H,3,6-9,11H2,1H3,(H2,22,27)(H,23,24,25)/t12-/m1/s1. The first-order valence-electron chi connectivity index (χ1n) is 9.81. The quantitative estimate of drug-likeness (QED) is 0.368. The lowest BCUT2D eigenvalue weighted by Crippen LogP contribution is -2.45. The highest BCUT2D eigenvalue weighted by Gasteiger charge is 2.28. The number of nitrogens with one attached hydrogen (secondary N) is 1. The van der Waals surface area contributed by atoms with Gasteiger partial charge in [-0.15, -0.1) is 0 Å². The number of primary amides is 1. The van der Waals surface area contributed by atoms with Crippen LogP contribution in [-0.2, 0) is 20.8 Å². The van der Waals surface area contributed by atoms with Crippen LogP contribution in [0.4, 0.5) is 14.6 Å². The zero-order valence-electron chi connectivity index (χ0n) is 17.3. The molecule has 2 heterocycles. The Morgan fingerprint density at radius 1 is 1.34 bits per heavy atom. The summed E-state index contributed by atoms with van der Waals surface area (Å²) in [6.45, 7) is 2.53. The van der Waals surface area contributed by atoms with Crippen LogP contribution >= 0.6 is 11.8 Å². The largest absolute Gasteiger partial charge is 0.474 e. The smallest absolute Gasteiger partial charge is 0.302 e. The van der Waals surface area contributed by atoms with Crippen molar-refractivity contribution >= 4 is 33.7 Å². The van der Waals surface area contributed by atoms with Crippen molar-refractivity contribution in [3.63, 3.8) is 0 Å². The van der Waals surface area contributed by atoms with Crippen molar-refractivity contribution in [2.75, 3.05) is 17.8 Å². The van der Waals surface area contributed by atoms with E-state index in [-0.39, 0.29) is 34.6 Å². The summed E-state index contributed by atoms with van der Waals surface area (Å²) in [4.78, 5) is 19.4. The summed E-state index contributed by atoms with van der Waals surface area (Å²) in [5, 5.41) is 0.106. The normalized spacial score (nSPS) is 15.1. The third-order valence-corrected chi connectivity index (χ3v) is 6.99. The number of benzene rings is 1. The third kappa shape index (κ3) is 6.50. The van der Waals surface area contributed by atoms with E-state index in [0.29, 0.717) is 19.5 Å². The minimum absolute atomic E-state index is 0.0165. The van der Waals surface area contributed by atoms with Gasteiger partial charge in [-0.3, -0.25) is 9.52 Å². The van der Waals surface area contributed by atoms with Gasteiger partial charge in [-0.25, -0.2) is 13.8 Å². The molecule has 1 atom stereocenters. The molecule has 1 aliphatic heterocycles. The van der Waals surface area contributed by atoms with E-state index >= 15 is 0 Å². The molecular formula is C19H23F2N5O4S2. The van der Waals surface area contributed by atoms with Crippen LogP contribution in [0, 0.1) is 11.6 Å². The molecule has 3 N–H and O–H groups in total. The summed E-state index contributed by atoms with van der Waals surface area (Å²) in [6.07, 6.45) is 0.791. The van der Waals surface area contributed by atoms with Crippen LogP contribution in [-0.4, -0.2) is 47.8 Å². The van der Waals surface area contributed by atoms with E-state index in [0.717, 1.165) is 24.2 Å². The van der Waals surface area contributed by atoms with Gasteiger partial charge in [0.15, 0.2) is 16.8 Å². The second-order valence-electron chi connectivity index (χ2n) is 7.17. The van der Waals surface area contributed by atoms with Crippen LogP contribution < -0.4 is 15.2 Å². The van der Waals surface area contributed by atoms with Gasteiger partial charge in [-0.2, -0.15) is 17.7 Å². The van der Waals surface area contributed by atoms with Gasteiger partial charge in [0, 0.05) is 36.9 Å². The molecule has 3 rings (SSSR count). The maximum Gasteiger partial charge on any atom is 0.302 e.